The van der Waals surface area contributed by atoms with E-state index in [9.17, 15) is 10.1 Å². The van der Waals surface area contributed by atoms with E-state index in [-0.39, 0.29) is 11.7 Å². The number of nitro groups is 1. The van der Waals surface area contributed by atoms with Crippen LogP contribution in [-0.4, -0.2) is 4.92 Å². The number of thiophene rings is 1. The molecule has 18 heavy (non-hydrogen) atoms. The SMILES string of the molecule is CC(Nc1cccc([N+](=O)[O-])c1)c1sccc1Br. The molecule has 2 rings (SSSR count). The third-order valence-corrected chi connectivity index (χ3v) is 4.53. The van der Waals surface area contributed by atoms with Crippen molar-refractivity contribution in [3.8, 4) is 0 Å². The highest BCUT2D eigenvalue weighted by Crippen LogP contribution is 2.31. The minimum atomic E-state index is -0.392. The lowest BCUT2D eigenvalue weighted by atomic mass is 10.2. The molecule has 0 aliphatic rings. The second-order valence-electron chi connectivity index (χ2n) is 3.81. The predicted molar refractivity (Wildman–Crippen MR) is 77.2 cm³/mol. The zero-order valence-electron chi connectivity index (χ0n) is 9.59. The lowest BCUT2D eigenvalue weighted by Crippen LogP contribution is -2.05. The zero-order chi connectivity index (χ0) is 13.1. The summed E-state index contributed by atoms with van der Waals surface area (Å²) < 4.78 is 1.05. The molecule has 2 aromatic rings. The van der Waals surface area contributed by atoms with Crippen LogP contribution in [-0.2, 0) is 0 Å². The lowest BCUT2D eigenvalue weighted by molar-refractivity contribution is -0.384. The van der Waals surface area contributed by atoms with Gasteiger partial charge in [0.15, 0.2) is 0 Å². The van der Waals surface area contributed by atoms with Crippen LogP contribution in [0.4, 0.5) is 11.4 Å². The predicted octanol–water partition coefficient (Wildman–Crippen LogP) is 4.59. The van der Waals surface area contributed by atoms with Crippen molar-refractivity contribution in [2.75, 3.05) is 5.32 Å². The Morgan fingerprint density at radius 3 is 2.83 bits per heavy atom. The van der Waals surface area contributed by atoms with E-state index in [1.807, 2.05) is 24.4 Å². The summed E-state index contributed by atoms with van der Waals surface area (Å²) in [5.41, 5.74) is 0.842. The molecular formula is C12H11BrN2O2S. The molecule has 0 fully saturated rings. The van der Waals surface area contributed by atoms with Gasteiger partial charge in [0, 0.05) is 27.2 Å². The minimum absolute atomic E-state index is 0.0949. The minimum Gasteiger partial charge on any atom is -0.377 e. The average Bonchev–Trinajstić information content (AvgIpc) is 2.76. The monoisotopic (exact) mass is 326 g/mol. The molecule has 1 unspecified atom stereocenters. The molecule has 0 spiro atoms. The van der Waals surface area contributed by atoms with Gasteiger partial charge in [-0.15, -0.1) is 11.3 Å². The normalized spacial score (nSPS) is 12.1. The van der Waals surface area contributed by atoms with Gasteiger partial charge in [0.2, 0.25) is 0 Å². The summed E-state index contributed by atoms with van der Waals surface area (Å²) in [6.07, 6.45) is 0. The number of nitro benzene ring substituents is 1. The van der Waals surface area contributed by atoms with Crippen LogP contribution in [0.3, 0.4) is 0 Å². The van der Waals surface area contributed by atoms with Crippen LogP contribution in [0.2, 0.25) is 0 Å². The third kappa shape index (κ3) is 2.88. The molecular weight excluding hydrogens is 316 g/mol. The molecule has 1 aromatic heterocycles. The molecule has 1 N–H and O–H groups in total. The number of non-ortho nitro benzene ring substituents is 1. The van der Waals surface area contributed by atoms with Gasteiger partial charge in [-0.2, -0.15) is 0 Å². The van der Waals surface area contributed by atoms with Crippen molar-refractivity contribution in [1.82, 2.24) is 0 Å². The number of nitrogens with one attached hydrogen (secondary N) is 1. The van der Waals surface area contributed by atoms with Crippen LogP contribution >= 0.6 is 27.3 Å². The van der Waals surface area contributed by atoms with Gasteiger partial charge >= 0.3 is 0 Å². The molecule has 0 saturated heterocycles. The summed E-state index contributed by atoms with van der Waals surface area (Å²) in [6.45, 7) is 2.02. The fourth-order valence-electron chi connectivity index (χ4n) is 1.64. The van der Waals surface area contributed by atoms with Crippen molar-refractivity contribution in [3.63, 3.8) is 0 Å². The van der Waals surface area contributed by atoms with Gasteiger partial charge in [-0.25, -0.2) is 0 Å². The summed E-state index contributed by atoms with van der Waals surface area (Å²) >= 11 is 5.12. The van der Waals surface area contributed by atoms with E-state index in [0.717, 1.165) is 10.2 Å². The van der Waals surface area contributed by atoms with Crippen molar-refractivity contribution in [2.45, 2.75) is 13.0 Å². The van der Waals surface area contributed by atoms with Crippen LogP contribution in [0.15, 0.2) is 40.2 Å². The highest BCUT2D eigenvalue weighted by atomic mass is 79.9. The third-order valence-electron chi connectivity index (χ3n) is 2.48. The molecule has 0 saturated carbocycles. The molecule has 0 radical (unpaired) electrons. The first-order valence-corrected chi connectivity index (χ1v) is 6.99. The molecule has 0 aliphatic heterocycles. The highest BCUT2D eigenvalue weighted by Gasteiger charge is 2.12. The first kappa shape index (κ1) is 13.0. The van der Waals surface area contributed by atoms with E-state index in [1.54, 1.807) is 17.4 Å². The standard InChI is InChI=1S/C12H11BrN2O2S/c1-8(12-11(13)5-6-18-12)14-9-3-2-4-10(7-9)15(16)17/h2-8,14H,1H3. The van der Waals surface area contributed by atoms with Crippen molar-refractivity contribution < 1.29 is 4.92 Å². The largest absolute Gasteiger partial charge is 0.377 e. The highest BCUT2D eigenvalue weighted by molar-refractivity contribution is 9.10. The number of anilines is 1. The fraction of sp³-hybridized carbons (Fsp3) is 0.167. The Balaban J connectivity index is 2.17. The van der Waals surface area contributed by atoms with Gasteiger partial charge in [-0.05, 0) is 40.4 Å². The van der Waals surface area contributed by atoms with Crippen LogP contribution in [0.1, 0.15) is 17.8 Å². The van der Waals surface area contributed by atoms with Gasteiger partial charge in [-0.1, -0.05) is 6.07 Å². The lowest BCUT2D eigenvalue weighted by Gasteiger charge is -2.14. The van der Waals surface area contributed by atoms with Crippen molar-refractivity contribution in [2.24, 2.45) is 0 Å². The second-order valence-corrected chi connectivity index (χ2v) is 5.61. The van der Waals surface area contributed by atoms with Crippen LogP contribution in [0, 0.1) is 10.1 Å². The molecule has 1 heterocycles. The zero-order valence-corrected chi connectivity index (χ0v) is 12.0. The maximum Gasteiger partial charge on any atom is 0.271 e. The second kappa shape index (κ2) is 5.49. The summed E-state index contributed by atoms with van der Waals surface area (Å²) in [7, 11) is 0. The van der Waals surface area contributed by atoms with Crippen molar-refractivity contribution >= 4 is 38.6 Å². The number of nitrogens with zero attached hydrogens (tertiary/aromatic N) is 1. The topological polar surface area (TPSA) is 55.2 Å². The first-order valence-electron chi connectivity index (χ1n) is 5.32. The molecule has 0 bridgehead atoms. The van der Waals surface area contributed by atoms with E-state index in [1.165, 1.54) is 17.0 Å². The summed E-state index contributed by atoms with van der Waals surface area (Å²) in [5, 5.41) is 16.0. The number of hydrogen-bond acceptors (Lipinski definition) is 4. The van der Waals surface area contributed by atoms with Crippen LogP contribution < -0.4 is 5.32 Å². The summed E-state index contributed by atoms with van der Waals surface area (Å²) in [6, 6.07) is 8.61. The maximum atomic E-state index is 10.7. The van der Waals surface area contributed by atoms with E-state index in [2.05, 4.69) is 21.2 Å². The Hall–Kier alpha value is -1.40. The van der Waals surface area contributed by atoms with Gasteiger partial charge < -0.3 is 5.32 Å². The molecule has 1 atom stereocenters. The molecule has 94 valence electrons. The van der Waals surface area contributed by atoms with Crippen molar-refractivity contribution in [1.29, 1.82) is 0 Å². The van der Waals surface area contributed by atoms with Gasteiger partial charge in [0.25, 0.3) is 5.69 Å². The van der Waals surface area contributed by atoms with Crippen molar-refractivity contribution in [3.05, 3.63) is 55.2 Å². The van der Waals surface area contributed by atoms with E-state index < -0.39 is 4.92 Å². The Bertz CT molecular complexity index is 571. The Kier molecular flexibility index (Phi) is 3.98. The van der Waals surface area contributed by atoms with E-state index in [0.29, 0.717) is 0 Å². The van der Waals surface area contributed by atoms with Crippen LogP contribution in [0.5, 0.6) is 0 Å². The average molecular weight is 327 g/mol. The number of hydrogen-bond donors (Lipinski definition) is 1. The fourth-order valence-corrected chi connectivity index (χ4v) is 3.36. The quantitative estimate of drug-likeness (QED) is 0.660. The van der Waals surface area contributed by atoms with Gasteiger partial charge in [0.05, 0.1) is 11.0 Å². The smallest absolute Gasteiger partial charge is 0.271 e. The maximum absolute atomic E-state index is 10.7. The summed E-state index contributed by atoms with van der Waals surface area (Å²) in [4.78, 5) is 11.5. The first-order chi connectivity index (χ1) is 8.58. The summed E-state index contributed by atoms with van der Waals surface area (Å²) in [5.74, 6) is 0. The Morgan fingerprint density at radius 1 is 1.44 bits per heavy atom. The van der Waals surface area contributed by atoms with E-state index in [4.69, 9.17) is 0 Å². The Morgan fingerprint density at radius 2 is 2.22 bits per heavy atom. The number of rotatable bonds is 4. The van der Waals surface area contributed by atoms with Crippen LogP contribution in [0.25, 0.3) is 0 Å². The molecule has 1 aromatic carbocycles. The molecule has 4 nitrogen and oxygen atoms in total. The number of benzene rings is 1. The Labute approximate surface area is 117 Å². The van der Waals surface area contributed by atoms with Gasteiger partial charge in [-0.3, -0.25) is 10.1 Å². The van der Waals surface area contributed by atoms with E-state index >= 15 is 0 Å². The molecule has 0 aliphatic carbocycles. The molecule has 0 amide bonds. The molecule has 6 heteroatoms. The van der Waals surface area contributed by atoms with Gasteiger partial charge in [0.1, 0.15) is 0 Å². The number of halogens is 1.